The van der Waals surface area contributed by atoms with Crippen LogP contribution in [-0.4, -0.2) is 29.5 Å². The lowest BCUT2D eigenvalue weighted by molar-refractivity contribution is -0.139. The van der Waals surface area contributed by atoms with Crippen LogP contribution in [0.1, 0.15) is 73.6 Å². The van der Waals surface area contributed by atoms with Crippen LogP contribution in [0.4, 0.5) is 0 Å². The molecule has 0 aliphatic heterocycles. The molecule has 0 bridgehead atoms. The minimum absolute atomic E-state index is 0.0947. The van der Waals surface area contributed by atoms with Crippen molar-refractivity contribution < 1.29 is 14.4 Å². The van der Waals surface area contributed by atoms with E-state index in [2.05, 4.69) is 13.8 Å². The standard InChI is InChI=1S/C15H27NO3.C2H6/c1-12(2)13(3)10-15(19)16(11-17)9-7-5-6-8-14(4)18;1-2/h11-13H,5-10H2,1-4H3;1-2H3. The third-order valence-electron chi connectivity index (χ3n) is 3.51. The first-order valence-corrected chi connectivity index (χ1v) is 8.12. The van der Waals surface area contributed by atoms with Crippen LogP contribution in [0, 0.1) is 11.8 Å². The number of amides is 2. The Balaban J connectivity index is 0. The number of hydrogen-bond acceptors (Lipinski definition) is 3. The van der Waals surface area contributed by atoms with Crippen molar-refractivity contribution in [3.8, 4) is 0 Å². The summed E-state index contributed by atoms with van der Waals surface area (Å²) >= 11 is 0. The minimum atomic E-state index is -0.0947. The Morgan fingerprint density at radius 2 is 1.62 bits per heavy atom. The highest BCUT2D eigenvalue weighted by Crippen LogP contribution is 2.15. The average Bonchev–Trinajstić information content (AvgIpc) is 2.44. The predicted octanol–water partition coefficient (Wildman–Crippen LogP) is 3.83. The van der Waals surface area contributed by atoms with Gasteiger partial charge in [0.1, 0.15) is 5.78 Å². The smallest absolute Gasteiger partial charge is 0.229 e. The first-order chi connectivity index (χ1) is 9.88. The molecule has 4 nitrogen and oxygen atoms in total. The van der Waals surface area contributed by atoms with E-state index in [4.69, 9.17) is 0 Å². The second kappa shape index (κ2) is 13.8. The minimum Gasteiger partial charge on any atom is -0.300 e. The van der Waals surface area contributed by atoms with Crippen molar-refractivity contribution in [3.63, 3.8) is 0 Å². The number of rotatable bonds is 10. The Morgan fingerprint density at radius 1 is 1.05 bits per heavy atom. The van der Waals surface area contributed by atoms with E-state index in [1.165, 1.54) is 4.90 Å². The molecule has 124 valence electrons. The van der Waals surface area contributed by atoms with Crippen LogP contribution < -0.4 is 0 Å². The predicted molar refractivity (Wildman–Crippen MR) is 86.9 cm³/mol. The Labute approximate surface area is 130 Å². The zero-order valence-corrected chi connectivity index (χ0v) is 14.6. The van der Waals surface area contributed by atoms with Gasteiger partial charge in [-0.3, -0.25) is 14.5 Å². The van der Waals surface area contributed by atoms with Crippen LogP contribution in [0.25, 0.3) is 0 Å². The summed E-state index contributed by atoms with van der Waals surface area (Å²) < 4.78 is 0. The Kier molecular flexibility index (Phi) is 14.5. The van der Waals surface area contributed by atoms with E-state index < -0.39 is 0 Å². The lowest BCUT2D eigenvalue weighted by Crippen LogP contribution is -2.32. The number of Topliss-reactive ketones (excluding diaryl/α,β-unsaturated/α-hetero) is 1. The van der Waals surface area contributed by atoms with Gasteiger partial charge in [0, 0.05) is 19.4 Å². The summed E-state index contributed by atoms with van der Waals surface area (Å²) in [7, 11) is 0. The maximum Gasteiger partial charge on any atom is 0.229 e. The molecule has 0 fully saturated rings. The van der Waals surface area contributed by atoms with Gasteiger partial charge in [-0.25, -0.2) is 0 Å². The first-order valence-electron chi connectivity index (χ1n) is 8.12. The SMILES string of the molecule is CC.CC(=O)CCCCCN(C=O)C(=O)CC(C)C(C)C. The fourth-order valence-corrected chi connectivity index (χ4v) is 1.70. The molecule has 0 aliphatic rings. The van der Waals surface area contributed by atoms with Gasteiger partial charge in [-0.05, 0) is 31.6 Å². The zero-order chi connectivity index (χ0) is 16.8. The van der Waals surface area contributed by atoms with Gasteiger partial charge < -0.3 is 4.79 Å². The molecular formula is C17H33NO3. The summed E-state index contributed by atoms with van der Waals surface area (Å²) in [6.07, 6.45) is 4.10. The molecule has 1 atom stereocenters. The normalized spacial score (nSPS) is 11.4. The van der Waals surface area contributed by atoms with Crippen LogP contribution in [0.2, 0.25) is 0 Å². The van der Waals surface area contributed by atoms with Crippen molar-refractivity contribution in [3.05, 3.63) is 0 Å². The topological polar surface area (TPSA) is 54.5 Å². The van der Waals surface area contributed by atoms with E-state index in [1.54, 1.807) is 6.92 Å². The van der Waals surface area contributed by atoms with Crippen LogP contribution in [-0.2, 0) is 14.4 Å². The highest BCUT2D eigenvalue weighted by atomic mass is 16.2. The van der Waals surface area contributed by atoms with Gasteiger partial charge in [-0.2, -0.15) is 0 Å². The van der Waals surface area contributed by atoms with Crippen LogP contribution in [0.3, 0.4) is 0 Å². The van der Waals surface area contributed by atoms with Crippen molar-refractivity contribution in [1.82, 2.24) is 4.90 Å². The van der Waals surface area contributed by atoms with E-state index in [0.717, 1.165) is 19.3 Å². The van der Waals surface area contributed by atoms with Crippen LogP contribution in [0.15, 0.2) is 0 Å². The molecule has 1 unspecified atom stereocenters. The third kappa shape index (κ3) is 12.3. The molecule has 2 amide bonds. The van der Waals surface area contributed by atoms with Crippen molar-refractivity contribution in [1.29, 1.82) is 0 Å². The van der Waals surface area contributed by atoms with Gasteiger partial charge in [0.15, 0.2) is 0 Å². The van der Waals surface area contributed by atoms with Crippen molar-refractivity contribution in [2.75, 3.05) is 6.54 Å². The van der Waals surface area contributed by atoms with Crippen molar-refractivity contribution in [2.45, 2.75) is 73.6 Å². The monoisotopic (exact) mass is 299 g/mol. The maximum absolute atomic E-state index is 11.9. The summed E-state index contributed by atoms with van der Waals surface area (Å²) in [6.45, 7) is 12.2. The molecule has 0 heterocycles. The third-order valence-corrected chi connectivity index (χ3v) is 3.51. The van der Waals surface area contributed by atoms with Gasteiger partial charge >= 0.3 is 0 Å². The number of carbonyl (C=O) groups is 3. The molecule has 21 heavy (non-hydrogen) atoms. The summed E-state index contributed by atoms with van der Waals surface area (Å²) in [6, 6.07) is 0. The molecule has 0 aliphatic carbocycles. The number of hydrogen-bond donors (Lipinski definition) is 0. The van der Waals surface area contributed by atoms with Gasteiger partial charge in [0.05, 0.1) is 0 Å². The number of ketones is 1. The van der Waals surface area contributed by atoms with Crippen LogP contribution in [0.5, 0.6) is 0 Å². The second-order valence-electron chi connectivity index (χ2n) is 5.63. The average molecular weight is 299 g/mol. The van der Waals surface area contributed by atoms with Gasteiger partial charge in [-0.1, -0.05) is 41.0 Å². The molecule has 0 N–H and O–H groups in total. The van der Waals surface area contributed by atoms with E-state index >= 15 is 0 Å². The Hall–Kier alpha value is -1.19. The molecule has 4 heteroatoms. The van der Waals surface area contributed by atoms with Crippen molar-refractivity contribution >= 4 is 18.1 Å². The molecule has 0 rings (SSSR count). The Bertz CT molecular complexity index is 300. The zero-order valence-electron chi connectivity index (χ0n) is 14.6. The molecule has 0 aromatic carbocycles. The second-order valence-corrected chi connectivity index (χ2v) is 5.63. The van der Waals surface area contributed by atoms with E-state index in [-0.39, 0.29) is 17.6 Å². The first kappa shape index (κ1) is 22.1. The number of unbranched alkanes of at least 4 members (excludes halogenated alkanes) is 2. The lowest BCUT2D eigenvalue weighted by Gasteiger charge is -2.20. The molecule has 0 saturated carbocycles. The molecule has 0 saturated heterocycles. The molecule has 0 aromatic rings. The van der Waals surface area contributed by atoms with Crippen LogP contribution >= 0.6 is 0 Å². The number of imide groups is 1. The lowest BCUT2D eigenvalue weighted by atomic mass is 9.94. The molecule has 0 aromatic heterocycles. The van der Waals surface area contributed by atoms with E-state index in [0.29, 0.717) is 31.7 Å². The van der Waals surface area contributed by atoms with Crippen molar-refractivity contribution in [2.24, 2.45) is 11.8 Å². The van der Waals surface area contributed by atoms with Gasteiger partial charge in [0.2, 0.25) is 12.3 Å². The quantitative estimate of drug-likeness (QED) is 0.455. The van der Waals surface area contributed by atoms with E-state index in [1.807, 2.05) is 20.8 Å². The largest absolute Gasteiger partial charge is 0.300 e. The summed E-state index contributed by atoms with van der Waals surface area (Å²) in [5.74, 6) is 0.817. The summed E-state index contributed by atoms with van der Waals surface area (Å²) in [5, 5.41) is 0. The Morgan fingerprint density at radius 3 is 2.05 bits per heavy atom. The highest BCUT2D eigenvalue weighted by molar-refractivity contribution is 5.86. The summed E-state index contributed by atoms with van der Waals surface area (Å²) in [4.78, 5) is 34.9. The molecule has 0 spiro atoms. The number of carbonyl (C=O) groups excluding carboxylic acids is 3. The van der Waals surface area contributed by atoms with Gasteiger partial charge in [0.25, 0.3) is 0 Å². The molecule has 0 radical (unpaired) electrons. The molecular weight excluding hydrogens is 266 g/mol. The van der Waals surface area contributed by atoms with Gasteiger partial charge in [-0.15, -0.1) is 0 Å². The fraction of sp³-hybridized carbons (Fsp3) is 0.824. The summed E-state index contributed by atoms with van der Waals surface area (Å²) in [5.41, 5.74) is 0. The number of nitrogens with zero attached hydrogens (tertiary/aromatic N) is 1. The highest BCUT2D eigenvalue weighted by Gasteiger charge is 2.17. The fourth-order valence-electron chi connectivity index (χ4n) is 1.70. The maximum atomic E-state index is 11.9. The van der Waals surface area contributed by atoms with E-state index in [9.17, 15) is 14.4 Å².